The Balaban J connectivity index is 2.29. The van der Waals surface area contributed by atoms with Gasteiger partial charge in [0.05, 0.1) is 5.52 Å². The van der Waals surface area contributed by atoms with Crippen LogP contribution in [0.5, 0.6) is 0 Å². The summed E-state index contributed by atoms with van der Waals surface area (Å²) in [4.78, 5) is 4.45. The van der Waals surface area contributed by atoms with Crippen molar-refractivity contribution in [3.8, 4) is 0 Å². The lowest BCUT2D eigenvalue weighted by atomic mass is 9.98. The van der Waals surface area contributed by atoms with Gasteiger partial charge in [-0.25, -0.2) is 0 Å². The molecule has 0 aliphatic heterocycles. The Hall–Kier alpha value is -1.63. The first-order chi connectivity index (χ1) is 8.86. The van der Waals surface area contributed by atoms with E-state index in [9.17, 15) is 0 Å². The SMILES string of the molecule is C=Cc1cccc2nccc(CCCCCC)c12. The van der Waals surface area contributed by atoms with E-state index in [-0.39, 0.29) is 0 Å². The lowest BCUT2D eigenvalue weighted by Gasteiger charge is -2.08. The number of aryl methyl sites for hydroxylation is 1. The molecule has 1 aromatic carbocycles. The maximum absolute atomic E-state index is 4.45. The standard InChI is InChI=1S/C17H21N/c1-3-5-6-7-9-15-12-13-18-16-11-8-10-14(4-2)17(15)16/h4,8,10-13H,2-3,5-7,9H2,1H3. The monoisotopic (exact) mass is 239 g/mol. The molecule has 1 aromatic heterocycles. The number of benzene rings is 1. The van der Waals surface area contributed by atoms with Crippen molar-refractivity contribution in [2.45, 2.75) is 39.0 Å². The summed E-state index contributed by atoms with van der Waals surface area (Å²) in [5.41, 5.74) is 3.69. The second kappa shape index (κ2) is 6.34. The normalized spacial score (nSPS) is 10.7. The van der Waals surface area contributed by atoms with E-state index in [2.05, 4.69) is 36.7 Å². The highest BCUT2D eigenvalue weighted by atomic mass is 14.6. The molecule has 0 unspecified atom stereocenters. The molecule has 0 aliphatic carbocycles. The van der Waals surface area contributed by atoms with Crippen molar-refractivity contribution < 1.29 is 0 Å². The minimum atomic E-state index is 1.08. The van der Waals surface area contributed by atoms with Gasteiger partial charge in [-0.2, -0.15) is 0 Å². The highest BCUT2D eigenvalue weighted by Crippen LogP contribution is 2.23. The Morgan fingerprint density at radius 1 is 1.17 bits per heavy atom. The van der Waals surface area contributed by atoms with Crippen molar-refractivity contribution in [3.05, 3.63) is 48.2 Å². The summed E-state index contributed by atoms with van der Waals surface area (Å²) < 4.78 is 0. The molecular formula is C17H21N. The van der Waals surface area contributed by atoms with Gasteiger partial charge in [0.1, 0.15) is 0 Å². The number of nitrogens with zero attached hydrogens (tertiary/aromatic N) is 1. The molecule has 0 radical (unpaired) electrons. The van der Waals surface area contributed by atoms with Crippen LogP contribution in [0.3, 0.4) is 0 Å². The van der Waals surface area contributed by atoms with Crippen LogP contribution in [0.4, 0.5) is 0 Å². The lowest BCUT2D eigenvalue weighted by molar-refractivity contribution is 0.668. The summed E-state index contributed by atoms with van der Waals surface area (Å²) in [6.07, 6.45) is 10.2. The summed E-state index contributed by atoms with van der Waals surface area (Å²) in [5.74, 6) is 0. The molecule has 1 heterocycles. The number of hydrogen-bond acceptors (Lipinski definition) is 1. The zero-order valence-electron chi connectivity index (χ0n) is 11.2. The Labute approximate surface area is 110 Å². The van der Waals surface area contributed by atoms with Gasteiger partial charge in [0.2, 0.25) is 0 Å². The molecule has 0 bridgehead atoms. The van der Waals surface area contributed by atoms with Crippen LogP contribution in [-0.2, 0) is 6.42 Å². The van der Waals surface area contributed by atoms with Gasteiger partial charge < -0.3 is 0 Å². The third-order valence-electron chi connectivity index (χ3n) is 3.40. The van der Waals surface area contributed by atoms with Crippen LogP contribution in [0.2, 0.25) is 0 Å². The maximum atomic E-state index is 4.45. The zero-order chi connectivity index (χ0) is 12.8. The van der Waals surface area contributed by atoms with E-state index in [1.165, 1.54) is 42.2 Å². The molecule has 94 valence electrons. The highest BCUT2D eigenvalue weighted by Gasteiger charge is 2.05. The van der Waals surface area contributed by atoms with E-state index in [1.807, 2.05) is 18.3 Å². The molecule has 2 rings (SSSR count). The Morgan fingerprint density at radius 2 is 2.06 bits per heavy atom. The summed E-state index contributed by atoms with van der Waals surface area (Å²) in [6.45, 7) is 6.15. The van der Waals surface area contributed by atoms with Crippen LogP contribution in [0.1, 0.15) is 43.7 Å². The van der Waals surface area contributed by atoms with Crippen LogP contribution >= 0.6 is 0 Å². The number of aromatic nitrogens is 1. The molecule has 0 aliphatic rings. The molecule has 18 heavy (non-hydrogen) atoms. The molecular weight excluding hydrogens is 218 g/mol. The number of hydrogen-bond donors (Lipinski definition) is 0. The van der Waals surface area contributed by atoms with Gasteiger partial charge in [-0.15, -0.1) is 0 Å². The van der Waals surface area contributed by atoms with Crippen LogP contribution in [-0.4, -0.2) is 4.98 Å². The average Bonchev–Trinajstić information content (AvgIpc) is 2.43. The topological polar surface area (TPSA) is 12.9 Å². The van der Waals surface area contributed by atoms with E-state index < -0.39 is 0 Å². The first-order valence-corrected chi connectivity index (χ1v) is 6.86. The zero-order valence-corrected chi connectivity index (χ0v) is 11.2. The number of fused-ring (bicyclic) bond motifs is 1. The molecule has 0 atom stereocenters. The van der Waals surface area contributed by atoms with Crippen LogP contribution < -0.4 is 0 Å². The van der Waals surface area contributed by atoms with Gasteiger partial charge >= 0.3 is 0 Å². The largest absolute Gasteiger partial charge is 0.256 e. The summed E-state index contributed by atoms with van der Waals surface area (Å²) in [6, 6.07) is 8.40. The van der Waals surface area contributed by atoms with E-state index in [0.717, 1.165) is 11.9 Å². The minimum absolute atomic E-state index is 1.08. The minimum Gasteiger partial charge on any atom is -0.256 e. The molecule has 1 heteroatoms. The smallest absolute Gasteiger partial charge is 0.0710 e. The van der Waals surface area contributed by atoms with E-state index in [0.29, 0.717) is 0 Å². The second-order valence-electron chi connectivity index (χ2n) is 4.73. The highest BCUT2D eigenvalue weighted by molar-refractivity contribution is 5.90. The number of unbranched alkanes of at least 4 members (excludes halogenated alkanes) is 3. The number of rotatable bonds is 6. The average molecular weight is 239 g/mol. The molecule has 0 N–H and O–H groups in total. The second-order valence-corrected chi connectivity index (χ2v) is 4.73. The van der Waals surface area contributed by atoms with Gasteiger partial charge in [-0.1, -0.05) is 51.0 Å². The molecule has 1 nitrogen and oxygen atoms in total. The first kappa shape index (κ1) is 12.8. The fourth-order valence-electron chi connectivity index (χ4n) is 2.43. The Kier molecular flexibility index (Phi) is 4.52. The van der Waals surface area contributed by atoms with Crippen LogP contribution in [0, 0.1) is 0 Å². The summed E-state index contributed by atoms with van der Waals surface area (Å²) in [5, 5.41) is 1.28. The Bertz CT molecular complexity index is 523. The van der Waals surface area contributed by atoms with Gasteiger partial charge in [-0.05, 0) is 36.1 Å². The Morgan fingerprint density at radius 3 is 2.83 bits per heavy atom. The van der Waals surface area contributed by atoms with Crippen LogP contribution in [0.15, 0.2) is 37.0 Å². The van der Waals surface area contributed by atoms with Gasteiger partial charge in [0, 0.05) is 11.6 Å². The predicted molar refractivity (Wildman–Crippen MR) is 79.7 cm³/mol. The lowest BCUT2D eigenvalue weighted by Crippen LogP contribution is -1.92. The van der Waals surface area contributed by atoms with Crippen molar-refractivity contribution in [2.24, 2.45) is 0 Å². The summed E-state index contributed by atoms with van der Waals surface area (Å²) >= 11 is 0. The fraction of sp³-hybridized carbons (Fsp3) is 0.353. The third-order valence-corrected chi connectivity index (χ3v) is 3.40. The molecule has 0 amide bonds. The van der Waals surface area contributed by atoms with Crippen molar-refractivity contribution in [1.82, 2.24) is 4.98 Å². The van der Waals surface area contributed by atoms with E-state index in [4.69, 9.17) is 0 Å². The van der Waals surface area contributed by atoms with E-state index >= 15 is 0 Å². The molecule has 0 fully saturated rings. The van der Waals surface area contributed by atoms with Crippen molar-refractivity contribution in [2.75, 3.05) is 0 Å². The van der Waals surface area contributed by atoms with Gasteiger partial charge in [0.15, 0.2) is 0 Å². The predicted octanol–water partition coefficient (Wildman–Crippen LogP) is 5.00. The number of pyridine rings is 1. The van der Waals surface area contributed by atoms with Gasteiger partial charge in [0.25, 0.3) is 0 Å². The first-order valence-electron chi connectivity index (χ1n) is 6.86. The molecule has 0 saturated heterocycles. The third kappa shape index (κ3) is 2.79. The van der Waals surface area contributed by atoms with Crippen molar-refractivity contribution in [3.63, 3.8) is 0 Å². The fourth-order valence-corrected chi connectivity index (χ4v) is 2.43. The van der Waals surface area contributed by atoms with Crippen molar-refractivity contribution >= 4 is 17.0 Å². The maximum Gasteiger partial charge on any atom is 0.0710 e. The molecule has 2 aromatic rings. The van der Waals surface area contributed by atoms with E-state index in [1.54, 1.807) is 0 Å². The molecule has 0 saturated carbocycles. The summed E-state index contributed by atoms with van der Waals surface area (Å²) in [7, 11) is 0. The molecule has 0 spiro atoms. The van der Waals surface area contributed by atoms with Crippen molar-refractivity contribution in [1.29, 1.82) is 0 Å². The van der Waals surface area contributed by atoms with Crippen LogP contribution in [0.25, 0.3) is 17.0 Å². The van der Waals surface area contributed by atoms with Gasteiger partial charge in [-0.3, -0.25) is 4.98 Å². The quantitative estimate of drug-likeness (QED) is 0.646.